The molecule has 2 aromatic rings. The lowest BCUT2D eigenvalue weighted by Crippen LogP contribution is -2.31. The van der Waals surface area contributed by atoms with Gasteiger partial charge in [-0.15, -0.1) is 0 Å². The molecule has 17 heavy (non-hydrogen) atoms. The van der Waals surface area contributed by atoms with E-state index in [2.05, 4.69) is 0 Å². The lowest BCUT2D eigenvalue weighted by Gasteiger charge is -2.07. The fraction of sp³-hybridized carbons (Fsp3) is 0.312. The quantitative estimate of drug-likeness (QED) is 0.669. The van der Waals surface area contributed by atoms with Crippen LogP contribution in [-0.4, -0.2) is 0 Å². The molecule has 1 heterocycles. The van der Waals surface area contributed by atoms with Gasteiger partial charge in [-0.2, -0.15) is 0 Å². The average molecular weight is 237 g/mol. The van der Waals surface area contributed by atoms with Crippen LogP contribution in [0.1, 0.15) is 37.3 Å². The molecule has 1 aromatic heterocycles. The largest absolute Gasteiger partial charge is 0.212 e. The van der Waals surface area contributed by atoms with Crippen LogP contribution < -0.4 is 4.57 Å². The van der Waals surface area contributed by atoms with Crippen molar-refractivity contribution in [3.63, 3.8) is 0 Å². The van der Waals surface area contributed by atoms with Crippen LogP contribution in [-0.2, 0) is 7.05 Å². The van der Waals surface area contributed by atoms with Crippen LogP contribution in [0, 0.1) is 27.6 Å². The summed E-state index contributed by atoms with van der Waals surface area (Å²) in [6, 6.07) is -1.81. The van der Waals surface area contributed by atoms with Crippen LogP contribution in [0.5, 0.6) is 0 Å². The Morgan fingerprint density at radius 2 is 1.88 bits per heavy atom. The molecule has 0 aliphatic heterocycles. The van der Waals surface area contributed by atoms with E-state index in [-0.39, 0.29) is 40.2 Å². The molecule has 1 heteroatoms. The summed E-state index contributed by atoms with van der Waals surface area (Å²) in [6.45, 7) is -2.55. The minimum Gasteiger partial charge on any atom is -0.201 e. The highest BCUT2D eigenvalue weighted by Crippen LogP contribution is 2.22. The maximum atomic E-state index is 8.43. The standard InChI is InChI=1S/C16H20N/c1-11-6-7-15(13(3)8-11)16-9-12(2)14(4)10-17(16)5/h6-10H,1-5H3/q+1/i1D3,4D3,6D,7D,8D,9D,10D. The van der Waals surface area contributed by atoms with Gasteiger partial charge in [-0.1, -0.05) is 17.6 Å². The first kappa shape index (κ1) is 4.24. The van der Waals surface area contributed by atoms with Crippen molar-refractivity contribution in [2.45, 2.75) is 27.6 Å². The molecule has 0 spiro atoms. The van der Waals surface area contributed by atoms with Crippen LogP contribution in [0.2, 0.25) is 0 Å². The Bertz CT molecular complexity index is 833. The molecule has 1 aromatic carbocycles. The van der Waals surface area contributed by atoms with E-state index in [9.17, 15) is 0 Å². The molecule has 0 unspecified atom stereocenters. The predicted octanol–water partition coefficient (Wildman–Crippen LogP) is 3.41. The summed E-state index contributed by atoms with van der Waals surface area (Å²) < 4.78 is 87.9. The lowest BCUT2D eigenvalue weighted by molar-refractivity contribution is -0.660. The highest BCUT2D eigenvalue weighted by molar-refractivity contribution is 5.62. The van der Waals surface area contributed by atoms with E-state index >= 15 is 0 Å². The number of nitrogens with zero attached hydrogens (tertiary/aromatic N) is 1. The van der Waals surface area contributed by atoms with E-state index in [1.807, 2.05) is 0 Å². The van der Waals surface area contributed by atoms with Crippen molar-refractivity contribution in [1.29, 1.82) is 0 Å². The van der Waals surface area contributed by atoms with Crippen LogP contribution in [0.3, 0.4) is 0 Å². The van der Waals surface area contributed by atoms with Crippen molar-refractivity contribution in [3.8, 4) is 11.3 Å². The SMILES string of the molecule is [2H]c1c([2H])c(C([2H])([2H])[2H])c([2H])c(C)c1-c1c([2H])c(C)c(C([2H])([2H])[2H])c([2H])[n+]1C. The van der Waals surface area contributed by atoms with Gasteiger partial charge in [0.05, 0.1) is 5.48 Å². The molecule has 0 amide bonds. The smallest absolute Gasteiger partial charge is 0.201 e. The average Bonchev–Trinajstić information content (AvgIpc) is 2.52. The minimum atomic E-state index is -2.75. The summed E-state index contributed by atoms with van der Waals surface area (Å²) in [6.07, 6.45) is -0.375. The summed E-state index contributed by atoms with van der Waals surface area (Å²) in [7, 11) is 1.37. The van der Waals surface area contributed by atoms with Crippen LogP contribution in [0.15, 0.2) is 30.3 Å². The zero-order chi connectivity index (χ0) is 21.9. The Kier molecular flexibility index (Phi) is 1.08. The van der Waals surface area contributed by atoms with Crippen LogP contribution >= 0.6 is 0 Å². The normalized spacial score (nSPS) is 21.5. The fourth-order valence-electron chi connectivity index (χ4n) is 1.60. The van der Waals surface area contributed by atoms with Crippen molar-refractivity contribution in [2.24, 2.45) is 7.05 Å². The Hall–Kier alpha value is -1.63. The Labute approximate surface area is 119 Å². The highest BCUT2D eigenvalue weighted by atomic mass is 14.9. The van der Waals surface area contributed by atoms with Gasteiger partial charge in [-0.3, -0.25) is 0 Å². The summed E-state index contributed by atoms with van der Waals surface area (Å²) in [4.78, 5) is 0. The van der Waals surface area contributed by atoms with E-state index in [4.69, 9.17) is 15.1 Å². The predicted molar refractivity (Wildman–Crippen MR) is 72.0 cm³/mol. The molecule has 0 N–H and O–H groups in total. The Balaban J connectivity index is 3.04. The van der Waals surface area contributed by atoms with Gasteiger partial charge < -0.3 is 0 Å². The van der Waals surface area contributed by atoms with Crippen LogP contribution in [0.25, 0.3) is 11.3 Å². The van der Waals surface area contributed by atoms with E-state index in [1.165, 1.54) is 20.9 Å². The monoisotopic (exact) mass is 237 g/mol. The van der Waals surface area contributed by atoms with Crippen molar-refractivity contribution >= 4 is 0 Å². The second kappa shape index (κ2) is 4.33. The topological polar surface area (TPSA) is 3.88 Å². The molecule has 0 saturated carbocycles. The van der Waals surface area contributed by atoms with Gasteiger partial charge in [0.15, 0.2) is 6.17 Å². The summed E-state index contributed by atoms with van der Waals surface area (Å²) in [5.74, 6) is 0. The summed E-state index contributed by atoms with van der Waals surface area (Å²) >= 11 is 0. The molecule has 1 nitrogen and oxygen atoms in total. The molecule has 88 valence electrons. The molecule has 2 rings (SSSR count). The van der Waals surface area contributed by atoms with Crippen molar-refractivity contribution in [1.82, 2.24) is 0 Å². The number of pyridine rings is 1. The molecular formula is C16H20N+. The summed E-state index contributed by atoms with van der Waals surface area (Å²) in [5.41, 5.74) is -0.744. The number of rotatable bonds is 1. The third kappa shape index (κ3) is 2.23. The maximum Gasteiger partial charge on any atom is 0.212 e. The first-order valence-electron chi connectivity index (χ1n) is 10.6. The number of aromatic nitrogens is 1. The molecule has 0 fully saturated rings. The van der Waals surface area contributed by atoms with Crippen molar-refractivity contribution in [2.75, 3.05) is 0 Å². The molecule has 0 aliphatic carbocycles. The first-order chi connectivity index (χ1) is 12.5. The second-order valence-corrected chi connectivity index (χ2v) is 3.89. The van der Waals surface area contributed by atoms with Gasteiger partial charge >= 0.3 is 0 Å². The van der Waals surface area contributed by atoms with Gasteiger partial charge in [-0.05, 0) is 44.7 Å². The summed E-state index contributed by atoms with van der Waals surface area (Å²) in [5, 5.41) is 0. The second-order valence-electron chi connectivity index (χ2n) is 3.89. The molecule has 0 saturated heterocycles. The van der Waals surface area contributed by atoms with Crippen LogP contribution in [0.4, 0.5) is 0 Å². The van der Waals surface area contributed by atoms with Gasteiger partial charge in [0.25, 0.3) is 0 Å². The maximum absolute atomic E-state index is 8.43. The molecule has 0 atom stereocenters. The van der Waals surface area contributed by atoms with Gasteiger partial charge in [0.1, 0.15) is 8.42 Å². The molecular weight excluding hydrogens is 206 g/mol. The highest BCUT2D eigenvalue weighted by Gasteiger charge is 2.13. The molecule has 0 bridgehead atoms. The minimum absolute atomic E-state index is 0.00269. The Morgan fingerprint density at radius 1 is 1.06 bits per heavy atom. The van der Waals surface area contributed by atoms with E-state index in [1.54, 1.807) is 0 Å². The zero-order valence-electron chi connectivity index (χ0n) is 20.9. The van der Waals surface area contributed by atoms with Crippen molar-refractivity contribution < 1.29 is 19.6 Å². The molecule has 0 radical (unpaired) electrons. The molecule has 0 aliphatic rings. The Morgan fingerprint density at radius 3 is 2.59 bits per heavy atom. The lowest BCUT2D eigenvalue weighted by atomic mass is 10.0. The fourth-order valence-corrected chi connectivity index (χ4v) is 1.60. The van der Waals surface area contributed by atoms with Gasteiger partial charge in [-0.25, -0.2) is 4.57 Å². The third-order valence-corrected chi connectivity index (χ3v) is 2.53. The zero-order valence-corrected chi connectivity index (χ0v) is 9.95. The van der Waals surface area contributed by atoms with E-state index < -0.39 is 37.4 Å². The first-order valence-corrected chi connectivity index (χ1v) is 5.14. The van der Waals surface area contributed by atoms with Gasteiger partial charge in [0.2, 0.25) is 5.69 Å². The van der Waals surface area contributed by atoms with E-state index in [0.29, 0.717) is 0 Å². The van der Waals surface area contributed by atoms with E-state index in [0.717, 1.165) is 4.57 Å². The third-order valence-electron chi connectivity index (χ3n) is 2.53. The van der Waals surface area contributed by atoms with Crippen molar-refractivity contribution in [3.05, 3.63) is 52.6 Å². The number of hydrogen-bond acceptors (Lipinski definition) is 0. The number of hydrogen-bond donors (Lipinski definition) is 0. The van der Waals surface area contributed by atoms with Gasteiger partial charge in [0, 0.05) is 25.4 Å². The number of benzene rings is 1.